The van der Waals surface area contributed by atoms with E-state index in [0.717, 1.165) is 18.1 Å². The molecule has 1 aromatic heterocycles. The summed E-state index contributed by atoms with van der Waals surface area (Å²) in [4.78, 5) is 7.32. The van der Waals surface area contributed by atoms with Crippen LogP contribution in [0.15, 0.2) is 30.3 Å². The van der Waals surface area contributed by atoms with Crippen molar-refractivity contribution in [3.63, 3.8) is 0 Å². The first kappa shape index (κ1) is 13.7. The third-order valence-electron chi connectivity index (χ3n) is 4.25. The quantitative estimate of drug-likeness (QED) is 0.768. The van der Waals surface area contributed by atoms with Crippen molar-refractivity contribution < 1.29 is 0 Å². The topological polar surface area (TPSA) is 16.1 Å². The Morgan fingerprint density at radius 1 is 1.35 bits per heavy atom. The number of anilines is 1. The van der Waals surface area contributed by atoms with Crippen molar-refractivity contribution in [2.45, 2.75) is 38.6 Å². The Morgan fingerprint density at radius 3 is 2.90 bits per heavy atom. The highest BCUT2D eigenvalue weighted by molar-refractivity contribution is 6.17. The molecule has 2 heterocycles. The number of nitrogens with zero attached hydrogens (tertiary/aromatic N) is 2. The minimum Gasteiger partial charge on any atom is -0.353 e. The van der Waals surface area contributed by atoms with E-state index in [9.17, 15) is 0 Å². The largest absolute Gasteiger partial charge is 0.353 e. The Bertz CT molecular complexity index is 609. The molecule has 20 heavy (non-hydrogen) atoms. The second-order valence-corrected chi connectivity index (χ2v) is 6.21. The maximum absolute atomic E-state index is 6.02. The molecule has 0 radical (unpaired) electrons. The molecule has 0 amide bonds. The molecule has 0 spiro atoms. The van der Waals surface area contributed by atoms with Crippen LogP contribution in [0.5, 0.6) is 0 Å². The van der Waals surface area contributed by atoms with E-state index in [4.69, 9.17) is 16.6 Å². The highest BCUT2D eigenvalue weighted by Crippen LogP contribution is 2.33. The Hall–Kier alpha value is -1.28. The Labute approximate surface area is 125 Å². The van der Waals surface area contributed by atoms with Gasteiger partial charge in [-0.05, 0) is 30.2 Å². The number of pyridine rings is 1. The number of rotatable bonds is 3. The van der Waals surface area contributed by atoms with Gasteiger partial charge >= 0.3 is 0 Å². The van der Waals surface area contributed by atoms with Crippen molar-refractivity contribution in [2.24, 2.45) is 5.92 Å². The Balaban J connectivity index is 2.14. The van der Waals surface area contributed by atoms with Crippen LogP contribution in [0, 0.1) is 5.92 Å². The van der Waals surface area contributed by atoms with Gasteiger partial charge in [-0.15, -0.1) is 11.6 Å². The molecule has 1 aliphatic rings. The maximum Gasteiger partial charge on any atom is 0.137 e. The number of benzene rings is 1. The summed E-state index contributed by atoms with van der Waals surface area (Å²) in [6.45, 7) is 5.71. The molecule has 2 nitrogen and oxygen atoms in total. The van der Waals surface area contributed by atoms with Gasteiger partial charge in [-0.25, -0.2) is 4.98 Å². The lowest BCUT2D eigenvalue weighted by Crippen LogP contribution is -2.34. The van der Waals surface area contributed by atoms with E-state index in [0.29, 0.717) is 17.8 Å². The summed E-state index contributed by atoms with van der Waals surface area (Å²) in [7, 11) is 0. The van der Waals surface area contributed by atoms with Gasteiger partial charge in [-0.1, -0.05) is 38.1 Å². The van der Waals surface area contributed by atoms with E-state index >= 15 is 0 Å². The molecule has 1 atom stereocenters. The molecule has 3 heteroatoms. The van der Waals surface area contributed by atoms with Gasteiger partial charge in [0.15, 0.2) is 0 Å². The summed E-state index contributed by atoms with van der Waals surface area (Å²) in [5.74, 6) is 2.24. The number of alkyl halides is 1. The van der Waals surface area contributed by atoms with Gasteiger partial charge in [-0.3, -0.25) is 0 Å². The monoisotopic (exact) mass is 288 g/mol. The number of hydrogen-bond acceptors (Lipinski definition) is 2. The Kier molecular flexibility index (Phi) is 3.84. The molecule has 1 unspecified atom stereocenters. The van der Waals surface area contributed by atoms with Crippen LogP contribution in [-0.4, -0.2) is 17.6 Å². The van der Waals surface area contributed by atoms with Crippen LogP contribution in [-0.2, 0) is 5.88 Å². The lowest BCUT2D eigenvalue weighted by Gasteiger charge is -2.30. The summed E-state index contributed by atoms with van der Waals surface area (Å²) >= 11 is 6.02. The van der Waals surface area contributed by atoms with Crippen LogP contribution >= 0.6 is 11.6 Å². The summed E-state index contributed by atoms with van der Waals surface area (Å²) in [6, 6.07) is 11.2. The standard InChI is InChI=1S/C17H21ClN2/c1-12(2)16-8-5-9-20(16)17-15-7-4-3-6-13(15)10-14(11-18)19-17/h3-4,6-7,10,12,16H,5,8-9,11H2,1-2H3. The fourth-order valence-electron chi connectivity index (χ4n) is 3.27. The van der Waals surface area contributed by atoms with E-state index in [1.807, 2.05) is 0 Å². The molecule has 1 aliphatic heterocycles. The third-order valence-corrected chi connectivity index (χ3v) is 4.52. The minimum absolute atomic E-state index is 0.470. The molecule has 1 saturated heterocycles. The van der Waals surface area contributed by atoms with Crippen LogP contribution in [0.2, 0.25) is 0 Å². The number of halogens is 1. The number of fused-ring (bicyclic) bond motifs is 1. The first-order chi connectivity index (χ1) is 9.70. The van der Waals surface area contributed by atoms with E-state index < -0.39 is 0 Å². The summed E-state index contributed by atoms with van der Waals surface area (Å²) in [6.07, 6.45) is 2.52. The van der Waals surface area contributed by atoms with Gasteiger partial charge in [0, 0.05) is 18.0 Å². The molecule has 3 rings (SSSR count). The molecule has 0 saturated carbocycles. The first-order valence-corrected chi connectivity index (χ1v) is 7.95. The number of aromatic nitrogens is 1. The van der Waals surface area contributed by atoms with Gasteiger partial charge in [-0.2, -0.15) is 0 Å². The summed E-state index contributed by atoms with van der Waals surface area (Å²) in [5, 5.41) is 2.48. The molecule has 0 bridgehead atoms. The molecular formula is C17H21ClN2. The molecule has 0 N–H and O–H groups in total. The van der Waals surface area contributed by atoms with Gasteiger partial charge in [0.1, 0.15) is 5.82 Å². The van der Waals surface area contributed by atoms with E-state index in [-0.39, 0.29) is 0 Å². The van der Waals surface area contributed by atoms with Crippen LogP contribution in [0.3, 0.4) is 0 Å². The van der Waals surface area contributed by atoms with E-state index in [2.05, 4.69) is 49.1 Å². The van der Waals surface area contributed by atoms with Crippen LogP contribution in [0.4, 0.5) is 5.82 Å². The zero-order chi connectivity index (χ0) is 14.1. The van der Waals surface area contributed by atoms with Crippen molar-refractivity contribution in [2.75, 3.05) is 11.4 Å². The Morgan fingerprint density at radius 2 is 2.15 bits per heavy atom. The van der Waals surface area contributed by atoms with Crippen LogP contribution in [0.1, 0.15) is 32.4 Å². The highest BCUT2D eigenvalue weighted by atomic mass is 35.5. The molecule has 1 fully saturated rings. The van der Waals surface area contributed by atoms with E-state index in [1.54, 1.807) is 0 Å². The van der Waals surface area contributed by atoms with Crippen molar-refractivity contribution >= 4 is 28.2 Å². The second kappa shape index (κ2) is 5.61. The van der Waals surface area contributed by atoms with Crippen molar-refractivity contribution in [3.8, 4) is 0 Å². The SMILES string of the molecule is CC(C)C1CCCN1c1nc(CCl)cc2ccccc12. The molecular weight excluding hydrogens is 268 g/mol. The normalized spacial score (nSPS) is 19.2. The number of hydrogen-bond donors (Lipinski definition) is 0. The predicted octanol–water partition coefficient (Wildman–Crippen LogP) is 4.60. The minimum atomic E-state index is 0.470. The average molecular weight is 289 g/mol. The molecule has 0 aliphatic carbocycles. The predicted molar refractivity (Wildman–Crippen MR) is 86.5 cm³/mol. The molecule has 106 valence electrons. The van der Waals surface area contributed by atoms with Crippen molar-refractivity contribution in [1.82, 2.24) is 4.98 Å². The van der Waals surface area contributed by atoms with Crippen molar-refractivity contribution in [1.29, 1.82) is 0 Å². The fourth-order valence-corrected chi connectivity index (χ4v) is 3.41. The van der Waals surface area contributed by atoms with E-state index in [1.165, 1.54) is 23.6 Å². The van der Waals surface area contributed by atoms with Crippen LogP contribution < -0.4 is 4.90 Å². The summed E-state index contributed by atoms with van der Waals surface area (Å²) < 4.78 is 0. The zero-order valence-electron chi connectivity index (χ0n) is 12.1. The molecule has 2 aromatic rings. The zero-order valence-corrected chi connectivity index (χ0v) is 12.9. The first-order valence-electron chi connectivity index (χ1n) is 7.42. The molecule has 1 aromatic carbocycles. The summed E-state index contributed by atoms with van der Waals surface area (Å²) in [5.41, 5.74) is 0.967. The average Bonchev–Trinajstić information content (AvgIpc) is 2.95. The maximum atomic E-state index is 6.02. The second-order valence-electron chi connectivity index (χ2n) is 5.94. The fraction of sp³-hybridized carbons (Fsp3) is 0.471. The highest BCUT2D eigenvalue weighted by Gasteiger charge is 2.29. The van der Waals surface area contributed by atoms with Crippen molar-refractivity contribution in [3.05, 3.63) is 36.0 Å². The van der Waals surface area contributed by atoms with Gasteiger partial charge in [0.25, 0.3) is 0 Å². The van der Waals surface area contributed by atoms with Crippen LogP contribution in [0.25, 0.3) is 10.8 Å². The van der Waals surface area contributed by atoms with Gasteiger partial charge in [0.2, 0.25) is 0 Å². The third kappa shape index (κ3) is 2.37. The smallest absolute Gasteiger partial charge is 0.137 e. The van der Waals surface area contributed by atoms with Gasteiger partial charge in [0.05, 0.1) is 11.6 Å². The lowest BCUT2D eigenvalue weighted by atomic mass is 10.0. The van der Waals surface area contributed by atoms with Gasteiger partial charge < -0.3 is 4.90 Å². The lowest BCUT2D eigenvalue weighted by molar-refractivity contribution is 0.490.